The molecule has 1 aromatic rings. The van der Waals surface area contributed by atoms with Gasteiger partial charge in [0.25, 0.3) is 0 Å². The van der Waals surface area contributed by atoms with Crippen LogP contribution in [0.4, 0.5) is 4.39 Å². The smallest absolute Gasteiger partial charge is 0.240 e. The van der Waals surface area contributed by atoms with Crippen molar-refractivity contribution in [2.45, 2.75) is 49.1 Å². The maximum Gasteiger partial charge on any atom is 0.240 e. The van der Waals surface area contributed by atoms with Gasteiger partial charge in [0.2, 0.25) is 15.9 Å². The van der Waals surface area contributed by atoms with Crippen molar-refractivity contribution < 1.29 is 17.6 Å². The lowest BCUT2D eigenvalue weighted by Gasteiger charge is -2.26. The first-order chi connectivity index (χ1) is 10.9. The third-order valence-corrected chi connectivity index (χ3v) is 5.38. The summed E-state index contributed by atoms with van der Waals surface area (Å²) < 4.78 is 39.1. The molecule has 0 spiro atoms. The van der Waals surface area contributed by atoms with E-state index in [9.17, 15) is 17.6 Å². The van der Waals surface area contributed by atoms with Gasteiger partial charge in [-0.25, -0.2) is 17.5 Å². The highest BCUT2D eigenvalue weighted by Crippen LogP contribution is 2.17. The van der Waals surface area contributed by atoms with Gasteiger partial charge in [0, 0.05) is 25.0 Å². The number of rotatable bonds is 6. The lowest BCUT2D eigenvalue weighted by Crippen LogP contribution is -2.41. The van der Waals surface area contributed by atoms with Crippen LogP contribution in [0, 0.1) is 5.82 Å². The number of amides is 1. The second kappa shape index (κ2) is 9.31. The summed E-state index contributed by atoms with van der Waals surface area (Å²) in [7, 11) is -3.73. The number of carbonyl (C=O) groups is 1. The minimum atomic E-state index is -3.73. The fourth-order valence-electron chi connectivity index (χ4n) is 2.56. The second-order valence-electron chi connectivity index (χ2n) is 5.78. The minimum Gasteiger partial charge on any atom is -0.353 e. The Morgan fingerprint density at radius 2 is 1.75 bits per heavy atom. The van der Waals surface area contributed by atoms with Crippen molar-refractivity contribution in [1.82, 2.24) is 10.0 Å². The summed E-state index contributed by atoms with van der Waals surface area (Å²) in [5, 5.41) is 2.89. The molecule has 1 aromatic carbocycles. The van der Waals surface area contributed by atoms with Crippen molar-refractivity contribution in [2.24, 2.45) is 5.73 Å². The van der Waals surface area contributed by atoms with Crippen LogP contribution in [0.3, 0.4) is 0 Å². The molecule has 0 unspecified atom stereocenters. The summed E-state index contributed by atoms with van der Waals surface area (Å²) in [4.78, 5) is 11.8. The van der Waals surface area contributed by atoms with E-state index in [2.05, 4.69) is 10.0 Å². The normalized spacial score (nSPS) is 20.9. The van der Waals surface area contributed by atoms with E-state index < -0.39 is 15.8 Å². The Labute approximate surface area is 147 Å². The SMILES string of the molecule is Cl.NC1CCC(NC(=O)CCNS(=O)(=O)c2ccc(F)cc2)CC1. The standard InChI is InChI=1S/C15H22FN3O3S.ClH/c16-11-1-7-14(8-2-11)23(21,22)18-10-9-15(20)19-13-5-3-12(17)4-6-13;/h1-2,7-8,12-13,18H,3-6,9-10,17H2,(H,19,20);1H. The zero-order chi connectivity index (χ0) is 16.9. The second-order valence-corrected chi connectivity index (χ2v) is 7.55. The van der Waals surface area contributed by atoms with Crippen molar-refractivity contribution in [1.29, 1.82) is 0 Å². The van der Waals surface area contributed by atoms with Gasteiger partial charge < -0.3 is 11.1 Å². The number of nitrogens with two attached hydrogens (primary N) is 1. The predicted octanol–water partition coefficient (Wildman–Crippen LogP) is 1.30. The van der Waals surface area contributed by atoms with Crippen LogP contribution < -0.4 is 15.8 Å². The number of nitrogens with one attached hydrogen (secondary N) is 2. The van der Waals surface area contributed by atoms with Crippen molar-refractivity contribution in [3.8, 4) is 0 Å². The van der Waals surface area contributed by atoms with Gasteiger partial charge in [-0.15, -0.1) is 12.4 Å². The minimum absolute atomic E-state index is 0. The van der Waals surface area contributed by atoms with E-state index in [0.717, 1.165) is 37.8 Å². The van der Waals surface area contributed by atoms with Gasteiger partial charge in [-0.3, -0.25) is 4.79 Å². The Morgan fingerprint density at radius 3 is 2.33 bits per heavy atom. The van der Waals surface area contributed by atoms with E-state index in [-0.39, 0.29) is 48.3 Å². The summed E-state index contributed by atoms with van der Waals surface area (Å²) in [5.41, 5.74) is 5.81. The lowest BCUT2D eigenvalue weighted by atomic mass is 9.92. The Bertz CT molecular complexity index is 632. The van der Waals surface area contributed by atoms with Crippen molar-refractivity contribution in [2.75, 3.05) is 6.54 Å². The van der Waals surface area contributed by atoms with Crippen LogP contribution in [0.1, 0.15) is 32.1 Å². The van der Waals surface area contributed by atoms with Gasteiger partial charge in [0.1, 0.15) is 5.82 Å². The van der Waals surface area contributed by atoms with Gasteiger partial charge in [-0.2, -0.15) is 0 Å². The lowest BCUT2D eigenvalue weighted by molar-refractivity contribution is -0.121. The Balaban J connectivity index is 0.00000288. The van der Waals surface area contributed by atoms with Crippen LogP contribution in [-0.4, -0.2) is 33.0 Å². The molecule has 0 atom stereocenters. The van der Waals surface area contributed by atoms with Crippen LogP contribution >= 0.6 is 12.4 Å². The van der Waals surface area contributed by atoms with Crippen molar-refractivity contribution >= 4 is 28.3 Å². The molecule has 0 radical (unpaired) electrons. The number of benzene rings is 1. The molecule has 1 amide bonds. The maximum absolute atomic E-state index is 12.8. The molecule has 0 heterocycles. The third kappa shape index (κ3) is 6.35. The van der Waals surface area contributed by atoms with E-state index >= 15 is 0 Å². The van der Waals surface area contributed by atoms with Crippen LogP contribution in [-0.2, 0) is 14.8 Å². The molecule has 4 N–H and O–H groups in total. The van der Waals surface area contributed by atoms with E-state index in [1.807, 2.05) is 0 Å². The molecule has 0 saturated heterocycles. The van der Waals surface area contributed by atoms with Gasteiger partial charge in [0.15, 0.2) is 0 Å². The average molecular weight is 380 g/mol. The summed E-state index contributed by atoms with van der Waals surface area (Å²) >= 11 is 0. The largest absolute Gasteiger partial charge is 0.353 e. The molecule has 0 bridgehead atoms. The first kappa shape index (κ1) is 20.8. The fourth-order valence-corrected chi connectivity index (χ4v) is 3.59. The van der Waals surface area contributed by atoms with E-state index in [1.165, 1.54) is 12.1 Å². The van der Waals surface area contributed by atoms with Crippen LogP contribution in [0.15, 0.2) is 29.2 Å². The summed E-state index contributed by atoms with van der Waals surface area (Å²) in [6, 6.07) is 4.86. The Morgan fingerprint density at radius 1 is 1.17 bits per heavy atom. The zero-order valence-electron chi connectivity index (χ0n) is 13.2. The number of hydrogen-bond donors (Lipinski definition) is 3. The van der Waals surface area contributed by atoms with Crippen molar-refractivity contribution in [3.05, 3.63) is 30.1 Å². The first-order valence-electron chi connectivity index (χ1n) is 7.67. The van der Waals surface area contributed by atoms with Crippen molar-refractivity contribution in [3.63, 3.8) is 0 Å². The molecule has 24 heavy (non-hydrogen) atoms. The van der Waals surface area contributed by atoms with Crippen LogP contribution in [0.25, 0.3) is 0 Å². The predicted molar refractivity (Wildman–Crippen MR) is 91.8 cm³/mol. The molecule has 1 aliphatic rings. The summed E-state index contributed by atoms with van der Waals surface area (Å²) in [5.74, 6) is -0.692. The molecule has 0 aromatic heterocycles. The van der Waals surface area contributed by atoms with Gasteiger partial charge in [0.05, 0.1) is 4.90 Å². The topological polar surface area (TPSA) is 101 Å². The maximum atomic E-state index is 12.8. The molecule has 2 rings (SSSR count). The molecule has 136 valence electrons. The van der Waals surface area contributed by atoms with Gasteiger partial charge in [-0.1, -0.05) is 0 Å². The molecule has 9 heteroatoms. The zero-order valence-corrected chi connectivity index (χ0v) is 14.8. The van der Waals surface area contributed by atoms with E-state index in [1.54, 1.807) is 0 Å². The quantitative estimate of drug-likeness (QED) is 0.693. The van der Waals surface area contributed by atoms with E-state index in [4.69, 9.17) is 5.73 Å². The van der Waals surface area contributed by atoms with Crippen LogP contribution in [0.2, 0.25) is 0 Å². The third-order valence-electron chi connectivity index (χ3n) is 3.91. The first-order valence-corrected chi connectivity index (χ1v) is 9.15. The molecule has 6 nitrogen and oxygen atoms in total. The summed E-state index contributed by atoms with van der Waals surface area (Å²) in [6.45, 7) is -0.00221. The average Bonchev–Trinajstić information content (AvgIpc) is 2.50. The highest BCUT2D eigenvalue weighted by atomic mass is 35.5. The number of carbonyl (C=O) groups excluding carboxylic acids is 1. The fraction of sp³-hybridized carbons (Fsp3) is 0.533. The van der Waals surface area contributed by atoms with Crippen LogP contribution in [0.5, 0.6) is 0 Å². The Hall–Kier alpha value is -1.22. The Kier molecular flexibility index (Phi) is 8.08. The molecule has 1 fully saturated rings. The highest BCUT2D eigenvalue weighted by molar-refractivity contribution is 7.89. The van der Waals surface area contributed by atoms with E-state index in [0.29, 0.717) is 0 Å². The monoisotopic (exact) mass is 379 g/mol. The number of halogens is 2. The molecular formula is C15H23ClFN3O3S. The molecular weight excluding hydrogens is 357 g/mol. The highest BCUT2D eigenvalue weighted by Gasteiger charge is 2.20. The van der Waals surface area contributed by atoms with Gasteiger partial charge in [-0.05, 0) is 49.9 Å². The molecule has 1 aliphatic carbocycles. The number of sulfonamides is 1. The number of hydrogen-bond acceptors (Lipinski definition) is 4. The summed E-state index contributed by atoms with van der Waals surface area (Å²) in [6.07, 6.45) is 3.55. The molecule has 1 saturated carbocycles. The molecule has 0 aliphatic heterocycles. The van der Waals surface area contributed by atoms with Gasteiger partial charge >= 0.3 is 0 Å².